The van der Waals surface area contributed by atoms with Gasteiger partial charge >= 0.3 is 5.97 Å². The smallest absolute Gasteiger partial charge is 0.306 e. The van der Waals surface area contributed by atoms with Crippen LogP contribution in [0.5, 0.6) is 0 Å². The zero-order chi connectivity index (χ0) is 12.4. The van der Waals surface area contributed by atoms with E-state index in [1.54, 1.807) is 0 Å². The molecule has 1 atom stereocenters. The first kappa shape index (κ1) is 13.5. The molecule has 0 aromatic rings. The van der Waals surface area contributed by atoms with Gasteiger partial charge in [0.2, 0.25) is 0 Å². The number of hydrogen-bond donors (Lipinski definition) is 0. The van der Waals surface area contributed by atoms with Crippen LogP contribution in [-0.2, 0) is 19.0 Å². The monoisotopic (exact) mass is 230 g/mol. The van der Waals surface area contributed by atoms with Crippen molar-refractivity contribution in [1.82, 2.24) is 0 Å². The summed E-state index contributed by atoms with van der Waals surface area (Å²) in [5.74, 6) is -0.695. The highest BCUT2D eigenvalue weighted by Gasteiger charge is 2.32. The van der Waals surface area contributed by atoms with E-state index in [-0.39, 0.29) is 12.1 Å². The van der Waals surface area contributed by atoms with Gasteiger partial charge in [-0.1, -0.05) is 0 Å². The molecule has 0 bridgehead atoms. The summed E-state index contributed by atoms with van der Waals surface area (Å²) in [5, 5.41) is 0. The minimum absolute atomic E-state index is 0.00233. The maximum atomic E-state index is 11.5. The Bertz CT molecular complexity index is 252. The molecule has 0 N–H and O–H groups in total. The van der Waals surface area contributed by atoms with Gasteiger partial charge in [0.1, 0.15) is 5.60 Å². The van der Waals surface area contributed by atoms with Crippen LogP contribution >= 0.6 is 0 Å². The van der Waals surface area contributed by atoms with Crippen LogP contribution < -0.4 is 0 Å². The van der Waals surface area contributed by atoms with Crippen LogP contribution in [0, 0.1) is 0 Å². The van der Waals surface area contributed by atoms with Crippen LogP contribution in [0.2, 0.25) is 0 Å². The SMILES string of the molecule is CC(C)(C)OC(=O)CC[C@H]1COC(C)(C)O1. The topological polar surface area (TPSA) is 44.8 Å². The minimum Gasteiger partial charge on any atom is -0.460 e. The van der Waals surface area contributed by atoms with E-state index in [9.17, 15) is 4.79 Å². The van der Waals surface area contributed by atoms with Crippen molar-refractivity contribution in [2.24, 2.45) is 0 Å². The molecular formula is C12H22O4. The molecule has 0 saturated carbocycles. The number of hydrogen-bond acceptors (Lipinski definition) is 4. The fourth-order valence-corrected chi connectivity index (χ4v) is 1.58. The average Bonchev–Trinajstić information content (AvgIpc) is 2.39. The second-order valence-corrected chi connectivity index (χ2v) is 5.58. The van der Waals surface area contributed by atoms with E-state index in [0.29, 0.717) is 19.4 Å². The van der Waals surface area contributed by atoms with Gasteiger partial charge in [0.05, 0.1) is 12.7 Å². The highest BCUT2D eigenvalue weighted by molar-refractivity contribution is 5.69. The van der Waals surface area contributed by atoms with Gasteiger partial charge in [0, 0.05) is 6.42 Å². The molecule has 0 unspecified atom stereocenters. The van der Waals surface area contributed by atoms with Gasteiger partial charge in [-0.25, -0.2) is 0 Å². The summed E-state index contributed by atoms with van der Waals surface area (Å²) in [4.78, 5) is 11.5. The Labute approximate surface area is 97.2 Å². The van der Waals surface area contributed by atoms with Crippen LogP contribution in [0.25, 0.3) is 0 Å². The molecule has 0 aromatic carbocycles. The van der Waals surface area contributed by atoms with Gasteiger partial charge in [-0.05, 0) is 41.0 Å². The molecule has 1 rings (SSSR count). The Kier molecular flexibility index (Phi) is 3.97. The van der Waals surface area contributed by atoms with Gasteiger partial charge in [-0.2, -0.15) is 0 Å². The predicted molar refractivity (Wildman–Crippen MR) is 60.0 cm³/mol. The third kappa shape index (κ3) is 4.94. The number of rotatable bonds is 3. The van der Waals surface area contributed by atoms with Gasteiger partial charge in [0.15, 0.2) is 5.79 Å². The molecule has 0 spiro atoms. The zero-order valence-corrected chi connectivity index (χ0v) is 10.8. The minimum atomic E-state index is -0.515. The first-order valence-corrected chi connectivity index (χ1v) is 5.72. The maximum Gasteiger partial charge on any atom is 0.306 e. The van der Waals surface area contributed by atoms with E-state index in [1.165, 1.54) is 0 Å². The Balaban J connectivity index is 2.23. The van der Waals surface area contributed by atoms with E-state index in [0.717, 1.165) is 0 Å². The second-order valence-electron chi connectivity index (χ2n) is 5.58. The lowest BCUT2D eigenvalue weighted by Crippen LogP contribution is -2.25. The molecule has 16 heavy (non-hydrogen) atoms. The van der Waals surface area contributed by atoms with E-state index >= 15 is 0 Å². The normalized spacial score (nSPS) is 24.4. The molecule has 94 valence electrons. The highest BCUT2D eigenvalue weighted by atomic mass is 16.7. The molecule has 4 heteroatoms. The van der Waals surface area contributed by atoms with Crippen molar-refractivity contribution in [3.8, 4) is 0 Å². The summed E-state index contributed by atoms with van der Waals surface area (Å²) in [6, 6.07) is 0. The van der Waals surface area contributed by atoms with Crippen LogP contribution in [0.15, 0.2) is 0 Å². The summed E-state index contributed by atoms with van der Waals surface area (Å²) >= 11 is 0. The van der Waals surface area contributed by atoms with Crippen molar-refractivity contribution in [2.45, 2.75) is 65.0 Å². The number of carbonyl (C=O) groups is 1. The molecule has 1 aliphatic heterocycles. The van der Waals surface area contributed by atoms with E-state index in [1.807, 2.05) is 34.6 Å². The summed E-state index contributed by atoms with van der Waals surface area (Å²) in [7, 11) is 0. The van der Waals surface area contributed by atoms with Crippen LogP contribution in [0.3, 0.4) is 0 Å². The molecule has 1 fully saturated rings. The lowest BCUT2D eigenvalue weighted by atomic mass is 10.1. The Morgan fingerprint density at radius 1 is 1.44 bits per heavy atom. The van der Waals surface area contributed by atoms with Gasteiger partial charge in [0.25, 0.3) is 0 Å². The molecule has 4 nitrogen and oxygen atoms in total. The summed E-state index contributed by atoms with van der Waals surface area (Å²) in [5.41, 5.74) is -0.413. The van der Waals surface area contributed by atoms with Gasteiger partial charge < -0.3 is 14.2 Å². The van der Waals surface area contributed by atoms with Crippen molar-refractivity contribution in [3.05, 3.63) is 0 Å². The second kappa shape index (κ2) is 4.72. The largest absolute Gasteiger partial charge is 0.460 e. The quantitative estimate of drug-likeness (QED) is 0.698. The average molecular weight is 230 g/mol. The third-order valence-corrected chi connectivity index (χ3v) is 2.16. The number of esters is 1. The maximum absolute atomic E-state index is 11.5. The van der Waals surface area contributed by atoms with Crippen molar-refractivity contribution >= 4 is 5.97 Å². The standard InChI is InChI=1S/C12H22O4/c1-11(2,3)16-10(13)7-6-9-8-14-12(4,5)15-9/h9H,6-8H2,1-5H3/t9-/m0/s1. The van der Waals surface area contributed by atoms with E-state index < -0.39 is 11.4 Å². The highest BCUT2D eigenvalue weighted by Crippen LogP contribution is 2.25. The van der Waals surface area contributed by atoms with E-state index in [2.05, 4.69) is 0 Å². The van der Waals surface area contributed by atoms with Crippen LogP contribution in [-0.4, -0.2) is 30.1 Å². The van der Waals surface area contributed by atoms with Crippen LogP contribution in [0.1, 0.15) is 47.5 Å². The molecule has 1 saturated heterocycles. The van der Waals surface area contributed by atoms with E-state index in [4.69, 9.17) is 14.2 Å². The zero-order valence-electron chi connectivity index (χ0n) is 10.8. The fraction of sp³-hybridized carbons (Fsp3) is 0.917. The van der Waals surface area contributed by atoms with Gasteiger partial charge in [-0.15, -0.1) is 0 Å². The lowest BCUT2D eigenvalue weighted by molar-refractivity contribution is -0.157. The van der Waals surface area contributed by atoms with Crippen LogP contribution in [0.4, 0.5) is 0 Å². The summed E-state index contributed by atoms with van der Waals surface area (Å²) in [6.45, 7) is 9.90. The number of carbonyl (C=O) groups excluding carboxylic acids is 1. The third-order valence-electron chi connectivity index (χ3n) is 2.16. The van der Waals surface area contributed by atoms with Crippen molar-refractivity contribution in [1.29, 1.82) is 0 Å². The number of ether oxygens (including phenoxy) is 3. The van der Waals surface area contributed by atoms with Crippen molar-refractivity contribution in [2.75, 3.05) is 6.61 Å². The van der Waals surface area contributed by atoms with Crippen molar-refractivity contribution in [3.63, 3.8) is 0 Å². The van der Waals surface area contributed by atoms with Crippen molar-refractivity contribution < 1.29 is 19.0 Å². The molecule has 0 aromatic heterocycles. The summed E-state index contributed by atoms with van der Waals surface area (Å²) in [6.07, 6.45) is 1.03. The molecule has 0 amide bonds. The lowest BCUT2D eigenvalue weighted by Gasteiger charge is -2.20. The first-order valence-electron chi connectivity index (χ1n) is 5.72. The molecule has 1 aliphatic rings. The molecule has 0 aliphatic carbocycles. The first-order chi connectivity index (χ1) is 7.18. The predicted octanol–water partition coefficient (Wildman–Crippen LogP) is 2.26. The molecular weight excluding hydrogens is 208 g/mol. The molecule has 1 heterocycles. The Morgan fingerprint density at radius 3 is 2.50 bits per heavy atom. The Morgan fingerprint density at radius 2 is 2.06 bits per heavy atom. The molecule has 0 radical (unpaired) electrons. The summed E-state index contributed by atoms with van der Waals surface area (Å²) < 4.78 is 16.2. The Hall–Kier alpha value is -0.610. The van der Waals surface area contributed by atoms with Gasteiger partial charge in [-0.3, -0.25) is 4.79 Å². The fourth-order valence-electron chi connectivity index (χ4n) is 1.58.